The molecule has 0 radical (unpaired) electrons. The van der Waals surface area contributed by atoms with Gasteiger partial charge in [0.1, 0.15) is 17.2 Å². The number of fused-ring (bicyclic) bond motifs is 1. The number of aromatic nitrogens is 2. The number of nitrogens with zero attached hydrogens (tertiary/aromatic N) is 3. The zero-order valence-electron chi connectivity index (χ0n) is 16.4. The summed E-state index contributed by atoms with van der Waals surface area (Å²) in [6, 6.07) is 3.19. The Morgan fingerprint density at radius 1 is 1.38 bits per heavy atom. The smallest absolute Gasteiger partial charge is 0.350 e. The van der Waals surface area contributed by atoms with Gasteiger partial charge in [0.2, 0.25) is 5.91 Å². The van der Waals surface area contributed by atoms with E-state index in [0.717, 1.165) is 11.3 Å². The van der Waals surface area contributed by atoms with Gasteiger partial charge in [-0.05, 0) is 25.0 Å². The highest BCUT2D eigenvalue weighted by molar-refractivity contribution is 7.17. The molecule has 0 saturated carbocycles. The van der Waals surface area contributed by atoms with Gasteiger partial charge in [0, 0.05) is 0 Å². The number of ether oxygens (including phenoxy) is 2. The maximum atomic E-state index is 12.9. The molecule has 2 amide bonds. The molecule has 1 aliphatic rings. The van der Waals surface area contributed by atoms with E-state index in [0.29, 0.717) is 16.3 Å². The molecule has 1 atom stereocenters. The zero-order chi connectivity index (χ0) is 21.3. The Balaban J connectivity index is 1.82. The Kier molecular flexibility index (Phi) is 5.69. The van der Waals surface area contributed by atoms with Crippen molar-refractivity contribution in [3.8, 4) is 5.75 Å². The van der Waals surface area contributed by atoms with Crippen LogP contribution in [0.2, 0.25) is 0 Å². The van der Waals surface area contributed by atoms with Crippen molar-refractivity contribution in [3.63, 3.8) is 0 Å². The van der Waals surface area contributed by atoms with Gasteiger partial charge in [-0.1, -0.05) is 25.2 Å². The third-order valence-corrected chi connectivity index (χ3v) is 5.25. The van der Waals surface area contributed by atoms with Crippen LogP contribution in [0.3, 0.4) is 0 Å². The summed E-state index contributed by atoms with van der Waals surface area (Å²) in [6.45, 7) is 5.04. The number of anilines is 3. The Morgan fingerprint density at radius 2 is 2.10 bits per heavy atom. The molecule has 1 aliphatic heterocycles. The van der Waals surface area contributed by atoms with E-state index in [1.165, 1.54) is 12.0 Å². The summed E-state index contributed by atoms with van der Waals surface area (Å²) in [6.07, 6.45) is -0.742. The molecule has 1 unspecified atom stereocenters. The first-order valence-electron chi connectivity index (χ1n) is 8.81. The van der Waals surface area contributed by atoms with Crippen LogP contribution >= 0.6 is 11.3 Å². The third-order valence-electron chi connectivity index (χ3n) is 4.20. The number of aryl methyl sites for hydroxylation is 1. The van der Waals surface area contributed by atoms with Crippen LogP contribution in [0.4, 0.5) is 16.8 Å². The average molecular weight is 419 g/mol. The summed E-state index contributed by atoms with van der Waals surface area (Å²) in [5, 5.41) is 2.84. The number of carbonyl (C=O) groups is 3. The van der Waals surface area contributed by atoms with Crippen LogP contribution in [0.25, 0.3) is 0 Å². The van der Waals surface area contributed by atoms with Crippen molar-refractivity contribution in [3.05, 3.63) is 22.7 Å². The summed E-state index contributed by atoms with van der Waals surface area (Å²) >= 11 is 0.995. The second-order valence-electron chi connectivity index (χ2n) is 6.74. The predicted molar refractivity (Wildman–Crippen MR) is 107 cm³/mol. The average Bonchev–Trinajstić information content (AvgIpc) is 3.03. The number of carbonyl (C=O) groups excluding carboxylic acids is 3. The van der Waals surface area contributed by atoms with Gasteiger partial charge in [0.15, 0.2) is 22.8 Å². The van der Waals surface area contributed by atoms with E-state index in [1.807, 2.05) is 13.8 Å². The second kappa shape index (κ2) is 8.03. The lowest BCUT2D eigenvalue weighted by molar-refractivity contribution is -0.129. The number of pyridine rings is 1. The first kappa shape index (κ1) is 20.5. The van der Waals surface area contributed by atoms with Crippen molar-refractivity contribution in [2.75, 3.05) is 29.6 Å². The molecule has 3 heterocycles. The molecular formula is C18H21N5O5S. The van der Waals surface area contributed by atoms with Gasteiger partial charge in [-0.2, -0.15) is 0 Å². The van der Waals surface area contributed by atoms with Crippen molar-refractivity contribution >= 4 is 45.9 Å². The molecule has 2 aromatic rings. The van der Waals surface area contributed by atoms with Crippen LogP contribution in [-0.2, 0) is 14.3 Å². The topological polar surface area (TPSA) is 137 Å². The van der Waals surface area contributed by atoms with Crippen LogP contribution in [0.15, 0.2) is 12.1 Å². The fourth-order valence-corrected chi connectivity index (χ4v) is 3.69. The van der Waals surface area contributed by atoms with Crippen LogP contribution < -0.4 is 20.7 Å². The van der Waals surface area contributed by atoms with Crippen molar-refractivity contribution in [2.45, 2.75) is 26.9 Å². The van der Waals surface area contributed by atoms with Gasteiger partial charge in [-0.25, -0.2) is 14.8 Å². The predicted octanol–water partition coefficient (Wildman–Crippen LogP) is 1.60. The molecule has 0 fully saturated rings. The van der Waals surface area contributed by atoms with Crippen LogP contribution in [0.1, 0.15) is 29.2 Å². The van der Waals surface area contributed by atoms with Gasteiger partial charge >= 0.3 is 5.97 Å². The number of esters is 1. The van der Waals surface area contributed by atoms with Crippen molar-refractivity contribution < 1.29 is 23.9 Å². The maximum absolute atomic E-state index is 12.9. The molecule has 154 valence electrons. The quantitative estimate of drug-likeness (QED) is 0.697. The van der Waals surface area contributed by atoms with Gasteiger partial charge in [-0.3, -0.25) is 14.5 Å². The van der Waals surface area contributed by atoms with Crippen molar-refractivity contribution in [1.29, 1.82) is 0 Å². The third kappa shape index (κ3) is 4.14. The minimum Gasteiger partial charge on any atom is -0.476 e. The number of nitrogen functional groups attached to an aromatic ring is 1. The lowest BCUT2D eigenvalue weighted by Gasteiger charge is -2.34. The SMILES string of the molecule is COC(=O)c1sc(NC(=O)CN2C(=O)C(C(C)C)Oc3ccc(N)nc32)nc1C. The number of hydrogen-bond donors (Lipinski definition) is 2. The van der Waals surface area contributed by atoms with E-state index in [9.17, 15) is 14.4 Å². The highest BCUT2D eigenvalue weighted by Crippen LogP contribution is 2.34. The van der Waals surface area contributed by atoms with Gasteiger partial charge in [0.25, 0.3) is 5.91 Å². The number of methoxy groups -OCH3 is 1. The molecule has 3 rings (SSSR count). The highest BCUT2D eigenvalue weighted by atomic mass is 32.1. The summed E-state index contributed by atoms with van der Waals surface area (Å²) in [5.74, 6) is -0.752. The molecular weight excluding hydrogens is 398 g/mol. The summed E-state index contributed by atoms with van der Waals surface area (Å²) in [7, 11) is 1.27. The molecule has 29 heavy (non-hydrogen) atoms. The minimum atomic E-state index is -0.742. The summed E-state index contributed by atoms with van der Waals surface area (Å²) in [5.41, 5.74) is 6.19. The van der Waals surface area contributed by atoms with Gasteiger partial charge < -0.3 is 20.5 Å². The fraction of sp³-hybridized carbons (Fsp3) is 0.389. The standard InChI is InChI=1S/C18H21N5O5S/c1-8(2)13-16(25)23(15-10(28-13)5-6-11(19)21-15)7-12(24)22-18-20-9(3)14(29-18)17(26)27-4/h5-6,8,13H,7H2,1-4H3,(H2,19,21)(H,20,22,24). The van der Waals surface area contributed by atoms with E-state index in [4.69, 9.17) is 10.5 Å². The van der Waals surface area contributed by atoms with E-state index in [-0.39, 0.29) is 35.1 Å². The molecule has 0 bridgehead atoms. The van der Waals surface area contributed by atoms with Crippen LogP contribution in [-0.4, -0.2) is 47.5 Å². The Bertz CT molecular complexity index is 974. The minimum absolute atomic E-state index is 0.108. The van der Waals surface area contributed by atoms with Crippen molar-refractivity contribution in [2.24, 2.45) is 5.92 Å². The molecule has 10 nitrogen and oxygen atoms in total. The normalized spacial score (nSPS) is 15.7. The molecule has 3 N–H and O–H groups in total. The van der Waals surface area contributed by atoms with E-state index in [1.54, 1.807) is 19.1 Å². The van der Waals surface area contributed by atoms with Gasteiger partial charge in [0.05, 0.1) is 12.8 Å². The number of nitrogens with two attached hydrogens (primary N) is 1. The van der Waals surface area contributed by atoms with Crippen molar-refractivity contribution in [1.82, 2.24) is 9.97 Å². The highest BCUT2D eigenvalue weighted by Gasteiger charge is 2.38. The first-order chi connectivity index (χ1) is 13.7. The Hall–Kier alpha value is -3.21. The number of thiazole rings is 1. The zero-order valence-corrected chi connectivity index (χ0v) is 17.2. The van der Waals surface area contributed by atoms with E-state index >= 15 is 0 Å². The van der Waals surface area contributed by atoms with E-state index < -0.39 is 18.0 Å². The molecule has 0 aliphatic carbocycles. The fourth-order valence-electron chi connectivity index (χ4n) is 2.79. The first-order valence-corrected chi connectivity index (χ1v) is 9.63. The monoisotopic (exact) mass is 419 g/mol. The summed E-state index contributed by atoms with van der Waals surface area (Å²) in [4.78, 5) is 47.0. The summed E-state index contributed by atoms with van der Waals surface area (Å²) < 4.78 is 10.4. The molecule has 2 aromatic heterocycles. The molecule has 0 saturated heterocycles. The number of hydrogen-bond acceptors (Lipinski definition) is 9. The number of nitrogens with one attached hydrogen (secondary N) is 1. The lowest BCUT2D eigenvalue weighted by atomic mass is 10.0. The second-order valence-corrected chi connectivity index (χ2v) is 7.74. The van der Waals surface area contributed by atoms with Gasteiger partial charge in [-0.15, -0.1) is 0 Å². The number of rotatable bonds is 5. The van der Waals surface area contributed by atoms with E-state index in [2.05, 4.69) is 20.0 Å². The molecule has 0 aromatic carbocycles. The number of amides is 2. The van der Waals surface area contributed by atoms with Crippen LogP contribution in [0.5, 0.6) is 5.75 Å². The largest absolute Gasteiger partial charge is 0.476 e. The molecule has 11 heteroatoms. The lowest BCUT2D eigenvalue weighted by Crippen LogP contribution is -2.51. The maximum Gasteiger partial charge on any atom is 0.350 e. The van der Waals surface area contributed by atoms with Crippen LogP contribution in [0, 0.1) is 12.8 Å². The Labute approximate surface area is 171 Å². The Morgan fingerprint density at radius 3 is 2.76 bits per heavy atom. The molecule has 0 spiro atoms.